The van der Waals surface area contributed by atoms with E-state index in [9.17, 15) is 0 Å². The minimum Gasteiger partial charge on any atom is -0.371 e. The van der Waals surface area contributed by atoms with Gasteiger partial charge in [-0.15, -0.1) is 0 Å². The lowest BCUT2D eigenvalue weighted by atomic mass is 9.99. The van der Waals surface area contributed by atoms with Crippen LogP contribution in [-0.4, -0.2) is 30.3 Å². The van der Waals surface area contributed by atoms with E-state index in [1.807, 2.05) is 13.8 Å². The SMILES string of the molecule is COC(C)(C)c1noc(CC2CNC2)n1. The minimum atomic E-state index is -0.473. The lowest BCUT2D eigenvalue weighted by molar-refractivity contribution is 0.00973. The summed E-state index contributed by atoms with van der Waals surface area (Å²) in [7, 11) is 1.64. The lowest BCUT2D eigenvalue weighted by Gasteiger charge is -2.25. The highest BCUT2D eigenvalue weighted by molar-refractivity contribution is 4.98. The molecule has 1 aromatic heterocycles. The largest absolute Gasteiger partial charge is 0.371 e. The number of nitrogens with zero attached hydrogens (tertiary/aromatic N) is 2. The molecule has 1 aromatic rings. The Hall–Kier alpha value is -0.940. The van der Waals surface area contributed by atoms with Gasteiger partial charge in [-0.25, -0.2) is 0 Å². The molecular weight excluding hydrogens is 194 g/mol. The fourth-order valence-corrected chi connectivity index (χ4v) is 1.41. The van der Waals surface area contributed by atoms with Gasteiger partial charge < -0.3 is 14.6 Å². The smallest absolute Gasteiger partial charge is 0.227 e. The van der Waals surface area contributed by atoms with Gasteiger partial charge in [0.1, 0.15) is 5.60 Å². The Kier molecular flexibility index (Phi) is 2.75. The van der Waals surface area contributed by atoms with Gasteiger partial charge >= 0.3 is 0 Å². The second-order valence-electron chi connectivity index (χ2n) is 4.45. The molecule has 0 spiro atoms. The van der Waals surface area contributed by atoms with Gasteiger partial charge in [-0.05, 0) is 32.9 Å². The van der Waals surface area contributed by atoms with Gasteiger partial charge in [-0.3, -0.25) is 0 Å². The maximum atomic E-state index is 5.28. The van der Waals surface area contributed by atoms with E-state index in [1.165, 1.54) is 0 Å². The standard InChI is InChI=1S/C10H17N3O2/c1-10(2,14-3)9-12-8(15-13-9)4-7-5-11-6-7/h7,11H,4-6H2,1-3H3. The predicted molar refractivity (Wildman–Crippen MR) is 54.4 cm³/mol. The maximum absolute atomic E-state index is 5.28. The van der Waals surface area contributed by atoms with Crippen molar-refractivity contribution in [3.8, 4) is 0 Å². The Morgan fingerprint density at radius 2 is 2.27 bits per heavy atom. The third kappa shape index (κ3) is 2.18. The van der Waals surface area contributed by atoms with Crippen LogP contribution in [0.5, 0.6) is 0 Å². The monoisotopic (exact) mass is 211 g/mol. The third-order valence-corrected chi connectivity index (χ3v) is 2.85. The molecule has 0 aromatic carbocycles. The number of methoxy groups -OCH3 is 1. The highest BCUT2D eigenvalue weighted by Gasteiger charge is 2.27. The predicted octanol–water partition coefficient (Wildman–Crippen LogP) is 0.713. The van der Waals surface area contributed by atoms with E-state index >= 15 is 0 Å². The summed E-state index contributed by atoms with van der Waals surface area (Å²) in [5, 5.41) is 7.15. The van der Waals surface area contributed by atoms with Crippen molar-refractivity contribution in [2.75, 3.05) is 20.2 Å². The molecule has 5 heteroatoms. The number of nitrogens with one attached hydrogen (secondary N) is 1. The number of ether oxygens (including phenoxy) is 1. The highest BCUT2D eigenvalue weighted by atomic mass is 16.5. The van der Waals surface area contributed by atoms with Gasteiger partial charge in [0.15, 0.2) is 0 Å². The average Bonchev–Trinajstić information content (AvgIpc) is 2.60. The molecule has 1 saturated heterocycles. The Morgan fingerprint density at radius 1 is 1.53 bits per heavy atom. The van der Waals surface area contributed by atoms with Crippen LogP contribution >= 0.6 is 0 Å². The Morgan fingerprint density at radius 3 is 2.80 bits per heavy atom. The maximum Gasteiger partial charge on any atom is 0.227 e. The van der Waals surface area contributed by atoms with Gasteiger partial charge in [-0.1, -0.05) is 5.16 Å². The summed E-state index contributed by atoms with van der Waals surface area (Å²) >= 11 is 0. The first-order valence-corrected chi connectivity index (χ1v) is 5.21. The van der Waals surface area contributed by atoms with E-state index in [0.29, 0.717) is 17.6 Å². The van der Waals surface area contributed by atoms with Crippen molar-refractivity contribution in [1.29, 1.82) is 0 Å². The molecule has 5 nitrogen and oxygen atoms in total. The molecule has 0 amide bonds. The molecule has 84 valence electrons. The quantitative estimate of drug-likeness (QED) is 0.795. The molecule has 0 bridgehead atoms. The zero-order valence-electron chi connectivity index (χ0n) is 9.41. The molecule has 2 rings (SSSR count). The van der Waals surface area contributed by atoms with Crippen LogP contribution in [0.2, 0.25) is 0 Å². The summed E-state index contributed by atoms with van der Waals surface area (Å²) in [6.45, 7) is 5.94. The fourth-order valence-electron chi connectivity index (χ4n) is 1.41. The summed E-state index contributed by atoms with van der Waals surface area (Å²) in [4.78, 5) is 4.34. The first kappa shape index (κ1) is 10.6. The van der Waals surface area contributed by atoms with Crippen molar-refractivity contribution in [3.05, 3.63) is 11.7 Å². The van der Waals surface area contributed by atoms with Crippen LogP contribution < -0.4 is 5.32 Å². The van der Waals surface area contributed by atoms with Gasteiger partial charge in [0.05, 0.1) is 0 Å². The van der Waals surface area contributed by atoms with E-state index < -0.39 is 5.60 Å². The minimum absolute atomic E-state index is 0.473. The summed E-state index contributed by atoms with van der Waals surface area (Å²) in [6, 6.07) is 0. The fraction of sp³-hybridized carbons (Fsp3) is 0.800. The van der Waals surface area contributed by atoms with E-state index in [0.717, 1.165) is 19.5 Å². The van der Waals surface area contributed by atoms with Crippen molar-refractivity contribution in [1.82, 2.24) is 15.5 Å². The molecule has 1 aliphatic heterocycles. The topological polar surface area (TPSA) is 60.2 Å². The first-order valence-electron chi connectivity index (χ1n) is 5.21. The summed E-state index contributed by atoms with van der Waals surface area (Å²) in [6.07, 6.45) is 0.861. The molecule has 1 N–H and O–H groups in total. The van der Waals surface area contributed by atoms with Gasteiger partial charge in [-0.2, -0.15) is 4.98 Å². The van der Waals surface area contributed by atoms with Crippen LogP contribution in [0, 0.1) is 5.92 Å². The average molecular weight is 211 g/mol. The van der Waals surface area contributed by atoms with Crippen LogP contribution in [0.15, 0.2) is 4.52 Å². The number of hydrogen-bond acceptors (Lipinski definition) is 5. The molecule has 2 heterocycles. The number of rotatable bonds is 4. The molecule has 0 unspecified atom stereocenters. The lowest BCUT2D eigenvalue weighted by Crippen LogP contribution is -2.43. The molecule has 1 fully saturated rings. The second-order valence-corrected chi connectivity index (χ2v) is 4.45. The van der Waals surface area contributed by atoms with Crippen LogP contribution in [0.1, 0.15) is 25.6 Å². The van der Waals surface area contributed by atoms with Gasteiger partial charge in [0.25, 0.3) is 0 Å². The van der Waals surface area contributed by atoms with Crippen molar-refractivity contribution < 1.29 is 9.26 Å². The van der Waals surface area contributed by atoms with Gasteiger partial charge in [0, 0.05) is 13.5 Å². The zero-order chi connectivity index (χ0) is 10.9. The second kappa shape index (κ2) is 3.90. The Balaban J connectivity index is 2.02. The third-order valence-electron chi connectivity index (χ3n) is 2.85. The van der Waals surface area contributed by atoms with E-state index in [2.05, 4.69) is 15.5 Å². The van der Waals surface area contributed by atoms with Crippen LogP contribution in [0.25, 0.3) is 0 Å². The zero-order valence-corrected chi connectivity index (χ0v) is 9.41. The van der Waals surface area contributed by atoms with E-state index in [-0.39, 0.29) is 0 Å². The Bertz CT molecular complexity index is 331. The van der Waals surface area contributed by atoms with Crippen LogP contribution in [0.4, 0.5) is 0 Å². The van der Waals surface area contributed by atoms with Crippen molar-refractivity contribution in [3.63, 3.8) is 0 Å². The molecule has 0 saturated carbocycles. The highest BCUT2D eigenvalue weighted by Crippen LogP contribution is 2.21. The first-order chi connectivity index (χ1) is 7.12. The van der Waals surface area contributed by atoms with E-state index in [1.54, 1.807) is 7.11 Å². The van der Waals surface area contributed by atoms with E-state index in [4.69, 9.17) is 9.26 Å². The normalized spacial score (nSPS) is 17.8. The molecular formula is C10H17N3O2. The van der Waals surface area contributed by atoms with Crippen molar-refractivity contribution >= 4 is 0 Å². The molecule has 0 radical (unpaired) electrons. The summed E-state index contributed by atoms with van der Waals surface area (Å²) < 4.78 is 10.5. The van der Waals surface area contributed by atoms with Crippen molar-refractivity contribution in [2.45, 2.75) is 25.9 Å². The molecule has 0 aliphatic carbocycles. The summed E-state index contributed by atoms with van der Waals surface area (Å²) in [5.41, 5.74) is -0.473. The van der Waals surface area contributed by atoms with Crippen LogP contribution in [-0.2, 0) is 16.8 Å². The van der Waals surface area contributed by atoms with Crippen LogP contribution in [0.3, 0.4) is 0 Å². The summed E-state index contributed by atoms with van der Waals surface area (Å²) in [5.74, 6) is 1.97. The van der Waals surface area contributed by atoms with Crippen molar-refractivity contribution in [2.24, 2.45) is 5.92 Å². The van der Waals surface area contributed by atoms with Gasteiger partial charge in [0.2, 0.25) is 11.7 Å². The molecule has 15 heavy (non-hydrogen) atoms. The molecule has 0 atom stereocenters. The Labute approximate surface area is 89.2 Å². The number of aromatic nitrogens is 2. The number of hydrogen-bond donors (Lipinski definition) is 1. The molecule has 1 aliphatic rings.